The van der Waals surface area contributed by atoms with Gasteiger partial charge in [0.1, 0.15) is 5.76 Å². The molecule has 0 aliphatic heterocycles. The summed E-state index contributed by atoms with van der Waals surface area (Å²) in [4.78, 5) is 17.8. The molecule has 30 heavy (non-hydrogen) atoms. The number of anilines is 1. The van der Waals surface area contributed by atoms with Crippen molar-refractivity contribution in [1.82, 2.24) is 10.3 Å². The summed E-state index contributed by atoms with van der Waals surface area (Å²) < 4.78 is 5.24. The molecule has 0 saturated heterocycles. The van der Waals surface area contributed by atoms with Crippen LogP contribution in [0.2, 0.25) is 0 Å². The Kier molecular flexibility index (Phi) is 5.70. The number of hydrogen-bond acceptors (Lipinski definition) is 3. The molecule has 0 radical (unpaired) electrons. The van der Waals surface area contributed by atoms with Crippen LogP contribution in [0.25, 0.3) is 17.0 Å². The summed E-state index contributed by atoms with van der Waals surface area (Å²) in [7, 11) is 4.05. The molecule has 2 aromatic heterocycles. The van der Waals surface area contributed by atoms with Gasteiger partial charge in [-0.3, -0.25) is 4.79 Å². The minimum atomic E-state index is -0.152. The van der Waals surface area contributed by atoms with Gasteiger partial charge < -0.3 is 19.6 Å². The number of fused-ring (bicyclic) bond motifs is 1. The average Bonchev–Trinajstić information content (AvgIpc) is 3.43. The molecule has 2 N–H and O–H groups in total. The summed E-state index contributed by atoms with van der Waals surface area (Å²) in [6.07, 6.45) is 6.80. The van der Waals surface area contributed by atoms with Crippen molar-refractivity contribution in [3.05, 3.63) is 96.1 Å². The molecule has 1 unspecified atom stereocenters. The van der Waals surface area contributed by atoms with E-state index in [0.717, 1.165) is 16.8 Å². The van der Waals surface area contributed by atoms with Crippen molar-refractivity contribution in [3.63, 3.8) is 0 Å². The van der Waals surface area contributed by atoms with Crippen LogP contribution in [0.1, 0.15) is 22.8 Å². The number of H-pyrrole nitrogens is 1. The van der Waals surface area contributed by atoms with Crippen molar-refractivity contribution < 1.29 is 9.21 Å². The minimum Gasteiger partial charge on any atom is -0.465 e. The molecule has 5 heteroatoms. The van der Waals surface area contributed by atoms with E-state index in [4.69, 9.17) is 4.42 Å². The fraction of sp³-hybridized carbons (Fsp3) is 0.160. The standard InChI is InChI=1S/C25H25N3O2/c1-28(2)19-11-9-18(10-12-19)22(23-17-26-24-8-4-3-7-21(23)24)16-27-25(29)14-13-20-6-5-15-30-20/h3-15,17,22,26H,16H2,1-2H3,(H,27,29). The normalized spacial score (nSPS) is 12.3. The molecule has 0 spiro atoms. The number of para-hydroxylation sites is 1. The summed E-state index contributed by atoms with van der Waals surface area (Å²) in [5.74, 6) is 0.525. The fourth-order valence-corrected chi connectivity index (χ4v) is 3.60. The average molecular weight is 399 g/mol. The first kappa shape index (κ1) is 19.6. The van der Waals surface area contributed by atoms with E-state index in [1.165, 1.54) is 17.0 Å². The van der Waals surface area contributed by atoms with Crippen molar-refractivity contribution in [1.29, 1.82) is 0 Å². The number of rotatable bonds is 7. The molecule has 1 atom stereocenters. The van der Waals surface area contributed by atoms with Gasteiger partial charge in [-0.2, -0.15) is 0 Å². The lowest BCUT2D eigenvalue weighted by molar-refractivity contribution is -0.116. The second-order valence-corrected chi connectivity index (χ2v) is 7.42. The van der Waals surface area contributed by atoms with Crippen molar-refractivity contribution in [3.8, 4) is 0 Å². The maximum absolute atomic E-state index is 12.4. The highest BCUT2D eigenvalue weighted by atomic mass is 16.3. The van der Waals surface area contributed by atoms with Crippen molar-refractivity contribution in [2.24, 2.45) is 0 Å². The molecule has 0 bridgehead atoms. The van der Waals surface area contributed by atoms with E-state index in [2.05, 4.69) is 51.6 Å². The number of carbonyl (C=O) groups is 1. The number of hydrogen-bond donors (Lipinski definition) is 2. The third-order valence-corrected chi connectivity index (χ3v) is 5.23. The quantitative estimate of drug-likeness (QED) is 0.439. The molecule has 2 aromatic carbocycles. The van der Waals surface area contributed by atoms with Gasteiger partial charge in [0.2, 0.25) is 5.91 Å². The van der Waals surface area contributed by atoms with Crippen LogP contribution >= 0.6 is 0 Å². The van der Waals surface area contributed by atoms with E-state index >= 15 is 0 Å². The second kappa shape index (κ2) is 8.74. The van der Waals surface area contributed by atoms with Crippen LogP contribution in [0.4, 0.5) is 5.69 Å². The molecule has 4 aromatic rings. The monoisotopic (exact) mass is 399 g/mol. The van der Waals surface area contributed by atoms with Gasteiger partial charge in [0.15, 0.2) is 0 Å². The number of aromatic amines is 1. The molecular formula is C25H25N3O2. The van der Waals surface area contributed by atoms with Crippen molar-refractivity contribution >= 4 is 28.6 Å². The van der Waals surface area contributed by atoms with Gasteiger partial charge in [-0.1, -0.05) is 30.3 Å². The predicted octanol–water partition coefficient (Wildman–Crippen LogP) is 4.79. The zero-order valence-corrected chi connectivity index (χ0v) is 17.1. The van der Waals surface area contributed by atoms with Crippen LogP contribution in [-0.4, -0.2) is 31.5 Å². The van der Waals surface area contributed by atoms with Gasteiger partial charge in [-0.15, -0.1) is 0 Å². The number of nitrogens with one attached hydrogen (secondary N) is 2. The molecule has 1 amide bonds. The zero-order chi connectivity index (χ0) is 20.9. The Hall–Kier alpha value is -3.73. The van der Waals surface area contributed by atoms with Gasteiger partial charge in [-0.25, -0.2) is 0 Å². The Morgan fingerprint density at radius 3 is 2.63 bits per heavy atom. The summed E-state index contributed by atoms with van der Waals surface area (Å²) >= 11 is 0. The molecule has 4 rings (SSSR count). The van der Waals surface area contributed by atoms with Crippen LogP contribution in [0.5, 0.6) is 0 Å². The van der Waals surface area contributed by atoms with E-state index in [1.807, 2.05) is 38.5 Å². The Bertz CT molecular complexity index is 1140. The highest BCUT2D eigenvalue weighted by molar-refractivity contribution is 5.91. The van der Waals surface area contributed by atoms with Gasteiger partial charge in [0, 0.05) is 55.4 Å². The molecule has 0 fully saturated rings. The Morgan fingerprint density at radius 1 is 1.10 bits per heavy atom. The Morgan fingerprint density at radius 2 is 1.90 bits per heavy atom. The summed E-state index contributed by atoms with van der Waals surface area (Å²) in [6.45, 7) is 0.491. The minimum absolute atomic E-state index is 0.0262. The van der Waals surface area contributed by atoms with Gasteiger partial charge in [-0.05, 0) is 47.5 Å². The van der Waals surface area contributed by atoms with Crippen molar-refractivity contribution in [2.75, 3.05) is 25.5 Å². The molecule has 2 heterocycles. The number of nitrogens with zero attached hydrogens (tertiary/aromatic N) is 1. The van der Waals surface area contributed by atoms with Crippen LogP contribution in [0.3, 0.4) is 0 Å². The van der Waals surface area contributed by atoms with Crippen LogP contribution in [0.15, 0.2) is 83.6 Å². The highest BCUT2D eigenvalue weighted by Crippen LogP contribution is 2.31. The van der Waals surface area contributed by atoms with E-state index in [9.17, 15) is 4.79 Å². The van der Waals surface area contributed by atoms with Gasteiger partial charge >= 0.3 is 0 Å². The first-order chi connectivity index (χ1) is 14.6. The number of aromatic nitrogens is 1. The molecular weight excluding hydrogens is 374 g/mol. The largest absolute Gasteiger partial charge is 0.465 e. The first-order valence-electron chi connectivity index (χ1n) is 9.94. The SMILES string of the molecule is CN(C)c1ccc(C(CNC(=O)C=Cc2ccco2)c2c[nH]c3ccccc23)cc1. The van der Waals surface area contributed by atoms with Crippen molar-refractivity contribution in [2.45, 2.75) is 5.92 Å². The van der Waals surface area contributed by atoms with E-state index in [1.54, 1.807) is 18.4 Å². The van der Waals surface area contributed by atoms with Crippen LogP contribution in [-0.2, 0) is 4.79 Å². The molecule has 0 aliphatic rings. The highest BCUT2D eigenvalue weighted by Gasteiger charge is 2.19. The zero-order valence-electron chi connectivity index (χ0n) is 17.1. The third kappa shape index (κ3) is 4.30. The van der Waals surface area contributed by atoms with Gasteiger partial charge in [0.25, 0.3) is 0 Å². The smallest absolute Gasteiger partial charge is 0.244 e. The molecule has 152 valence electrons. The van der Waals surface area contributed by atoms with Crippen LogP contribution in [0, 0.1) is 0 Å². The van der Waals surface area contributed by atoms with Crippen LogP contribution < -0.4 is 10.2 Å². The van der Waals surface area contributed by atoms with E-state index in [0.29, 0.717) is 12.3 Å². The lowest BCUT2D eigenvalue weighted by atomic mass is 9.90. The molecule has 5 nitrogen and oxygen atoms in total. The summed E-state index contributed by atoms with van der Waals surface area (Å²) in [5, 5.41) is 4.21. The van der Waals surface area contributed by atoms with Gasteiger partial charge in [0.05, 0.1) is 6.26 Å². The number of benzene rings is 2. The Balaban J connectivity index is 1.59. The fourth-order valence-electron chi connectivity index (χ4n) is 3.60. The van der Waals surface area contributed by atoms with E-state index in [-0.39, 0.29) is 11.8 Å². The third-order valence-electron chi connectivity index (χ3n) is 5.23. The summed E-state index contributed by atoms with van der Waals surface area (Å²) in [5.41, 5.74) is 4.55. The Labute approximate surface area is 176 Å². The van der Waals surface area contributed by atoms with E-state index < -0.39 is 0 Å². The first-order valence-corrected chi connectivity index (χ1v) is 9.94. The topological polar surface area (TPSA) is 61.3 Å². The lowest BCUT2D eigenvalue weighted by Crippen LogP contribution is -2.27. The summed E-state index contributed by atoms with van der Waals surface area (Å²) in [6, 6.07) is 20.3. The lowest BCUT2D eigenvalue weighted by Gasteiger charge is -2.19. The maximum Gasteiger partial charge on any atom is 0.244 e. The molecule has 0 aliphatic carbocycles. The maximum atomic E-state index is 12.4. The molecule has 0 saturated carbocycles. The number of furan rings is 1. The number of carbonyl (C=O) groups excluding carboxylic acids is 1. The number of amides is 1. The predicted molar refractivity (Wildman–Crippen MR) is 122 cm³/mol. The second-order valence-electron chi connectivity index (χ2n) is 7.42.